The van der Waals surface area contributed by atoms with Gasteiger partial charge in [0.05, 0.1) is 13.2 Å². The standard InChI is InChI=1S/C12H13FO2/c1-2-3-4-5-15-12-7-10(9-14)6-11(13)8-12/h1,6-8,14H,3-5,9H2. The molecule has 0 spiro atoms. The molecule has 0 radical (unpaired) electrons. The molecule has 0 bridgehead atoms. The van der Waals surface area contributed by atoms with Crippen LogP contribution >= 0.6 is 0 Å². The van der Waals surface area contributed by atoms with Crippen molar-refractivity contribution in [2.24, 2.45) is 0 Å². The van der Waals surface area contributed by atoms with Crippen molar-refractivity contribution in [3.63, 3.8) is 0 Å². The minimum Gasteiger partial charge on any atom is -0.493 e. The number of hydrogen-bond donors (Lipinski definition) is 1. The van der Waals surface area contributed by atoms with Crippen LogP contribution in [0.3, 0.4) is 0 Å². The molecule has 80 valence electrons. The van der Waals surface area contributed by atoms with Crippen LogP contribution in [0.4, 0.5) is 4.39 Å². The van der Waals surface area contributed by atoms with Gasteiger partial charge in [0.15, 0.2) is 0 Å². The first-order valence-electron chi connectivity index (χ1n) is 4.73. The summed E-state index contributed by atoms with van der Waals surface area (Å²) >= 11 is 0. The molecular weight excluding hydrogens is 195 g/mol. The SMILES string of the molecule is C#CCCCOc1cc(F)cc(CO)c1. The lowest BCUT2D eigenvalue weighted by Gasteiger charge is -2.06. The maximum atomic E-state index is 13.0. The zero-order chi connectivity index (χ0) is 11.1. The maximum absolute atomic E-state index is 13.0. The first-order valence-corrected chi connectivity index (χ1v) is 4.73. The van der Waals surface area contributed by atoms with Gasteiger partial charge in [-0.05, 0) is 24.1 Å². The van der Waals surface area contributed by atoms with Crippen molar-refractivity contribution in [3.8, 4) is 18.1 Å². The summed E-state index contributed by atoms with van der Waals surface area (Å²) in [5.41, 5.74) is 0.502. The quantitative estimate of drug-likeness (QED) is 0.593. The number of aliphatic hydroxyl groups excluding tert-OH is 1. The van der Waals surface area contributed by atoms with Crippen LogP contribution < -0.4 is 4.74 Å². The molecule has 0 heterocycles. The van der Waals surface area contributed by atoms with E-state index in [4.69, 9.17) is 16.3 Å². The normalized spacial score (nSPS) is 9.67. The Morgan fingerprint density at radius 1 is 1.40 bits per heavy atom. The van der Waals surface area contributed by atoms with Crippen LogP contribution in [0.25, 0.3) is 0 Å². The van der Waals surface area contributed by atoms with E-state index in [-0.39, 0.29) is 6.61 Å². The predicted molar refractivity (Wildman–Crippen MR) is 55.9 cm³/mol. The molecule has 1 aromatic carbocycles. The Balaban J connectivity index is 2.53. The minimum atomic E-state index is -0.409. The average molecular weight is 208 g/mol. The molecule has 15 heavy (non-hydrogen) atoms. The second kappa shape index (κ2) is 6.05. The predicted octanol–water partition coefficient (Wildman–Crippen LogP) is 2.11. The highest BCUT2D eigenvalue weighted by Gasteiger charge is 2.00. The molecule has 0 unspecified atom stereocenters. The van der Waals surface area contributed by atoms with Gasteiger partial charge in [0.2, 0.25) is 0 Å². The Kier molecular flexibility index (Phi) is 4.65. The Morgan fingerprint density at radius 3 is 2.87 bits per heavy atom. The van der Waals surface area contributed by atoms with E-state index in [1.807, 2.05) is 0 Å². The first kappa shape index (κ1) is 11.5. The summed E-state index contributed by atoms with van der Waals surface area (Å²) in [5, 5.41) is 8.85. The summed E-state index contributed by atoms with van der Waals surface area (Å²) in [4.78, 5) is 0. The van der Waals surface area contributed by atoms with Crippen molar-refractivity contribution >= 4 is 0 Å². The van der Waals surface area contributed by atoms with E-state index in [9.17, 15) is 4.39 Å². The van der Waals surface area contributed by atoms with Crippen molar-refractivity contribution in [3.05, 3.63) is 29.6 Å². The molecule has 1 aromatic rings. The Bertz CT molecular complexity index is 355. The van der Waals surface area contributed by atoms with Crippen molar-refractivity contribution < 1.29 is 14.2 Å². The molecule has 0 saturated heterocycles. The monoisotopic (exact) mass is 208 g/mol. The van der Waals surface area contributed by atoms with E-state index >= 15 is 0 Å². The average Bonchev–Trinajstić information content (AvgIpc) is 2.23. The first-order chi connectivity index (χ1) is 7.26. The van der Waals surface area contributed by atoms with E-state index in [0.717, 1.165) is 6.42 Å². The van der Waals surface area contributed by atoms with Crippen LogP contribution in [-0.2, 0) is 6.61 Å². The molecule has 3 heteroatoms. The van der Waals surface area contributed by atoms with E-state index < -0.39 is 5.82 Å². The van der Waals surface area contributed by atoms with Crippen molar-refractivity contribution in [2.45, 2.75) is 19.4 Å². The van der Waals surface area contributed by atoms with Crippen molar-refractivity contribution in [1.82, 2.24) is 0 Å². The number of terminal acetylenes is 1. The second-order valence-corrected chi connectivity index (χ2v) is 3.11. The molecule has 0 aromatic heterocycles. The molecule has 1 rings (SSSR count). The van der Waals surface area contributed by atoms with Crippen molar-refractivity contribution in [1.29, 1.82) is 0 Å². The molecule has 0 amide bonds. The molecule has 0 fully saturated rings. The number of aliphatic hydroxyl groups is 1. The van der Waals surface area contributed by atoms with Gasteiger partial charge in [-0.1, -0.05) is 0 Å². The summed E-state index contributed by atoms with van der Waals surface area (Å²) in [5.74, 6) is 2.51. The van der Waals surface area contributed by atoms with Gasteiger partial charge in [-0.25, -0.2) is 4.39 Å². The third-order valence-electron chi connectivity index (χ3n) is 1.85. The van der Waals surface area contributed by atoms with Gasteiger partial charge < -0.3 is 9.84 Å². The molecule has 1 N–H and O–H groups in total. The van der Waals surface area contributed by atoms with Gasteiger partial charge in [0.25, 0.3) is 0 Å². The van der Waals surface area contributed by atoms with Gasteiger partial charge in [0, 0.05) is 12.5 Å². The summed E-state index contributed by atoms with van der Waals surface area (Å²) < 4.78 is 18.3. The van der Waals surface area contributed by atoms with Gasteiger partial charge in [0.1, 0.15) is 11.6 Å². The smallest absolute Gasteiger partial charge is 0.127 e. The summed E-state index contributed by atoms with van der Waals surface area (Å²) in [6.07, 6.45) is 6.46. The molecule has 0 saturated carbocycles. The van der Waals surface area contributed by atoms with Gasteiger partial charge in [-0.3, -0.25) is 0 Å². The largest absolute Gasteiger partial charge is 0.493 e. The fourth-order valence-corrected chi connectivity index (χ4v) is 1.16. The number of rotatable bonds is 5. The van der Waals surface area contributed by atoms with Gasteiger partial charge in [-0.2, -0.15) is 0 Å². The third kappa shape index (κ3) is 4.01. The topological polar surface area (TPSA) is 29.5 Å². The van der Waals surface area contributed by atoms with Crippen LogP contribution in [0.2, 0.25) is 0 Å². The number of unbranched alkanes of at least 4 members (excludes halogenated alkanes) is 1. The highest BCUT2D eigenvalue weighted by molar-refractivity contribution is 5.29. The van der Waals surface area contributed by atoms with Crippen LogP contribution in [0.1, 0.15) is 18.4 Å². The molecule has 0 aliphatic heterocycles. The van der Waals surface area contributed by atoms with Crippen LogP contribution in [-0.4, -0.2) is 11.7 Å². The molecule has 2 nitrogen and oxygen atoms in total. The fourth-order valence-electron chi connectivity index (χ4n) is 1.16. The summed E-state index contributed by atoms with van der Waals surface area (Å²) in [6, 6.07) is 4.17. The Labute approximate surface area is 88.7 Å². The molecule has 0 aliphatic carbocycles. The number of halogens is 1. The second-order valence-electron chi connectivity index (χ2n) is 3.11. The lowest BCUT2D eigenvalue weighted by molar-refractivity contribution is 0.277. The summed E-state index contributed by atoms with van der Waals surface area (Å²) in [6.45, 7) is 0.261. The van der Waals surface area contributed by atoms with Crippen LogP contribution in [0.15, 0.2) is 18.2 Å². The fraction of sp³-hybridized carbons (Fsp3) is 0.333. The van der Waals surface area contributed by atoms with Crippen LogP contribution in [0.5, 0.6) is 5.75 Å². The van der Waals surface area contributed by atoms with E-state index in [2.05, 4.69) is 5.92 Å². The van der Waals surface area contributed by atoms with Gasteiger partial charge in [-0.15, -0.1) is 12.3 Å². The lowest BCUT2D eigenvalue weighted by Crippen LogP contribution is -1.98. The van der Waals surface area contributed by atoms with E-state index in [1.54, 1.807) is 6.07 Å². The van der Waals surface area contributed by atoms with E-state index in [0.29, 0.717) is 24.3 Å². The number of benzene rings is 1. The molecular formula is C12H13FO2. The van der Waals surface area contributed by atoms with E-state index in [1.165, 1.54) is 12.1 Å². The highest BCUT2D eigenvalue weighted by atomic mass is 19.1. The molecule has 0 aliphatic rings. The van der Waals surface area contributed by atoms with Crippen molar-refractivity contribution in [2.75, 3.05) is 6.61 Å². The maximum Gasteiger partial charge on any atom is 0.127 e. The number of ether oxygens (including phenoxy) is 1. The van der Waals surface area contributed by atoms with Crippen LogP contribution in [0, 0.1) is 18.2 Å². The lowest BCUT2D eigenvalue weighted by atomic mass is 10.2. The summed E-state index contributed by atoms with van der Waals surface area (Å²) in [7, 11) is 0. The van der Waals surface area contributed by atoms with Gasteiger partial charge >= 0.3 is 0 Å². The Hall–Kier alpha value is -1.53. The Morgan fingerprint density at radius 2 is 2.20 bits per heavy atom. The number of hydrogen-bond acceptors (Lipinski definition) is 2. The molecule has 0 atom stereocenters. The zero-order valence-corrected chi connectivity index (χ0v) is 8.37. The zero-order valence-electron chi connectivity index (χ0n) is 8.37. The third-order valence-corrected chi connectivity index (χ3v) is 1.85. The minimum absolute atomic E-state index is 0.196. The highest BCUT2D eigenvalue weighted by Crippen LogP contribution is 2.16.